The standard InChI is InChI=1S/C18H26N2.2ClH/c1-16(12-17-6-3-2-4-7-17)13-20-11-9-18(15-20)8-5-10-19-14-18;;/h2-4,6-7,12,19H,5,8-11,13-15H2,1H3;2*1H. The van der Waals surface area contributed by atoms with Crippen LogP contribution in [-0.2, 0) is 0 Å². The second-order valence-corrected chi connectivity index (χ2v) is 6.64. The molecule has 0 radical (unpaired) electrons. The van der Waals surface area contributed by atoms with Crippen molar-refractivity contribution in [3.05, 3.63) is 41.5 Å². The van der Waals surface area contributed by atoms with E-state index >= 15 is 0 Å². The van der Waals surface area contributed by atoms with Crippen molar-refractivity contribution < 1.29 is 0 Å². The van der Waals surface area contributed by atoms with E-state index in [9.17, 15) is 0 Å². The molecule has 0 aromatic heterocycles. The predicted octanol–water partition coefficient (Wildman–Crippen LogP) is 4.01. The van der Waals surface area contributed by atoms with Crippen LogP contribution in [0, 0.1) is 5.41 Å². The van der Waals surface area contributed by atoms with Crippen molar-refractivity contribution in [1.29, 1.82) is 0 Å². The quantitative estimate of drug-likeness (QED) is 0.892. The van der Waals surface area contributed by atoms with Gasteiger partial charge in [-0.1, -0.05) is 42.0 Å². The van der Waals surface area contributed by atoms with Gasteiger partial charge in [-0.05, 0) is 50.3 Å². The molecule has 2 aliphatic heterocycles. The van der Waals surface area contributed by atoms with Crippen LogP contribution in [0.4, 0.5) is 0 Å². The third-order valence-corrected chi connectivity index (χ3v) is 4.76. The minimum Gasteiger partial charge on any atom is -0.316 e. The van der Waals surface area contributed by atoms with Crippen LogP contribution in [-0.4, -0.2) is 37.6 Å². The van der Waals surface area contributed by atoms with Gasteiger partial charge in [0, 0.05) is 19.6 Å². The van der Waals surface area contributed by atoms with Crippen LogP contribution in [0.15, 0.2) is 35.9 Å². The van der Waals surface area contributed by atoms with E-state index in [0.29, 0.717) is 5.41 Å². The molecule has 2 heterocycles. The van der Waals surface area contributed by atoms with E-state index in [2.05, 4.69) is 53.5 Å². The SMILES string of the molecule is CC(=Cc1ccccc1)CN1CCC2(CCCNC2)C1.Cl.Cl. The molecule has 22 heavy (non-hydrogen) atoms. The average Bonchev–Trinajstić information content (AvgIpc) is 2.83. The monoisotopic (exact) mass is 342 g/mol. The first-order chi connectivity index (χ1) is 9.76. The Morgan fingerprint density at radius 1 is 1.23 bits per heavy atom. The zero-order valence-corrected chi connectivity index (χ0v) is 15.0. The van der Waals surface area contributed by atoms with Gasteiger partial charge in [-0.2, -0.15) is 0 Å². The molecule has 2 saturated heterocycles. The number of hydrogen-bond acceptors (Lipinski definition) is 2. The molecule has 4 heteroatoms. The Kier molecular flexibility index (Phi) is 7.92. The van der Waals surface area contributed by atoms with Gasteiger partial charge in [-0.3, -0.25) is 4.90 Å². The van der Waals surface area contributed by atoms with Crippen molar-refractivity contribution in [3.63, 3.8) is 0 Å². The fraction of sp³-hybridized carbons (Fsp3) is 0.556. The van der Waals surface area contributed by atoms with Gasteiger partial charge in [0.1, 0.15) is 0 Å². The van der Waals surface area contributed by atoms with Gasteiger partial charge in [0.05, 0.1) is 0 Å². The van der Waals surface area contributed by atoms with Crippen LogP contribution < -0.4 is 5.32 Å². The first-order valence-electron chi connectivity index (χ1n) is 7.91. The summed E-state index contributed by atoms with van der Waals surface area (Å²) in [6, 6.07) is 10.7. The molecular weight excluding hydrogens is 315 g/mol. The van der Waals surface area contributed by atoms with Crippen molar-refractivity contribution >= 4 is 30.9 Å². The second kappa shape index (κ2) is 8.93. The molecule has 1 aromatic rings. The molecule has 1 aromatic carbocycles. The third kappa shape index (κ3) is 4.99. The molecule has 1 spiro atoms. The Bertz CT molecular complexity index is 467. The summed E-state index contributed by atoms with van der Waals surface area (Å²) in [5, 5.41) is 3.59. The van der Waals surface area contributed by atoms with Crippen molar-refractivity contribution in [3.8, 4) is 0 Å². The number of rotatable bonds is 3. The Morgan fingerprint density at radius 3 is 2.68 bits per heavy atom. The lowest BCUT2D eigenvalue weighted by Gasteiger charge is -2.34. The molecule has 0 bridgehead atoms. The summed E-state index contributed by atoms with van der Waals surface area (Å²) >= 11 is 0. The lowest BCUT2D eigenvalue weighted by atomic mass is 9.80. The zero-order chi connectivity index (χ0) is 13.8. The molecule has 1 N–H and O–H groups in total. The topological polar surface area (TPSA) is 15.3 Å². The number of piperidine rings is 1. The van der Waals surface area contributed by atoms with Crippen LogP contribution in [0.5, 0.6) is 0 Å². The number of likely N-dealkylation sites (tertiary alicyclic amines) is 1. The highest BCUT2D eigenvalue weighted by atomic mass is 35.5. The Labute approximate surface area is 147 Å². The number of benzene rings is 1. The van der Waals surface area contributed by atoms with E-state index in [-0.39, 0.29) is 24.8 Å². The lowest BCUT2D eigenvalue weighted by Crippen LogP contribution is -2.42. The van der Waals surface area contributed by atoms with Crippen LogP contribution in [0.2, 0.25) is 0 Å². The largest absolute Gasteiger partial charge is 0.316 e. The fourth-order valence-electron chi connectivity index (χ4n) is 3.77. The Morgan fingerprint density at radius 2 is 2.00 bits per heavy atom. The van der Waals surface area contributed by atoms with E-state index in [1.807, 2.05) is 0 Å². The molecule has 3 rings (SSSR count). The molecule has 0 amide bonds. The van der Waals surface area contributed by atoms with Gasteiger partial charge in [0.2, 0.25) is 0 Å². The molecule has 2 fully saturated rings. The number of halogens is 2. The molecule has 2 nitrogen and oxygen atoms in total. The van der Waals surface area contributed by atoms with Gasteiger partial charge in [-0.25, -0.2) is 0 Å². The van der Waals surface area contributed by atoms with Gasteiger partial charge in [0.25, 0.3) is 0 Å². The highest BCUT2D eigenvalue weighted by Crippen LogP contribution is 2.36. The maximum Gasteiger partial charge on any atom is 0.0193 e. The number of nitrogens with one attached hydrogen (secondary N) is 1. The van der Waals surface area contributed by atoms with E-state index < -0.39 is 0 Å². The minimum atomic E-state index is 0. The van der Waals surface area contributed by atoms with Crippen LogP contribution in [0.1, 0.15) is 31.7 Å². The highest BCUT2D eigenvalue weighted by Gasteiger charge is 2.38. The number of nitrogens with zero attached hydrogens (tertiary/aromatic N) is 1. The van der Waals surface area contributed by atoms with Gasteiger partial charge >= 0.3 is 0 Å². The van der Waals surface area contributed by atoms with Crippen molar-refractivity contribution in [2.75, 3.05) is 32.7 Å². The average molecular weight is 343 g/mol. The summed E-state index contributed by atoms with van der Waals surface area (Å²) in [6.07, 6.45) is 6.47. The van der Waals surface area contributed by atoms with Crippen LogP contribution in [0.3, 0.4) is 0 Å². The maximum atomic E-state index is 3.59. The Balaban J connectivity index is 0.00000121. The zero-order valence-electron chi connectivity index (χ0n) is 13.4. The van der Waals surface area contributed by atoms with E-state index in [1.54, 1.807) is 0 Å². The van der Waals surface area contributed by atoms with Gasteiger partial charge < -0.3 is 5.32 Å². The molecule has 2 aliphatic rings. The molecular formula is C18H28Cl2N2. The maximum absolute atomic E-state index is 3.59. The summed E-state index contributed by atoms with van der Waals surface area (Å²) in [6.45, 7) is 8.37. The van der Waals surface area contributed by atoms with Gasteiger partial charge in [-0.15, -0.1) is 24.8 Å². The van der Waals surface area contributed by atoms with Crippen LogP contribution in [0.25, 0.3) is 6.08 Å². The Hall–Kier alpha value is -0.540. The smallest absolute Gasteiger partial charge is 0.0193 e. The summed E-state index contributed by atoms with van der Waals surface area (Å²) < 4.78 is 0. The van der Waals surface area contributed by atoms with Crippen molar-refractivity contribution in [2.45, 2.75) is 26.2 Å². The first-order valence-corrected chi connectivity index (χ1v) is 7.91. The van der Waals surface area contributed by atoms with Crippen molar-refractivity contribution in [2.24, 2.45) is 5.41 Å². The molecule has 0 saturated carbocycles. The van der Waals surface area contributed by atoms with E-state index in [0.717, 1.165) is 6.54 Å². The van der Waals surface area contributed by atoms with Gasteiger partial charge in [0.15, 0.2) is 0 Å². The second-order valence-electron chi connectivity index (χ2n) is 6.64. The molecule has 124 valence electrons. The predicted molar refractivity (Wildman–Crippen MR) is 100 cm³/mol. The molecule has 1 unspecified atom stereocenters. The summed E-state index contributed by atoms with van der Waals surface area (Å²) in [4.78, 5) is 2.64. The normalized spacial score (nSPS) is 25.6. The first kappa shape index (κ1) is 19.5. The fourth-order valence-corrected chi connectivity index (χ4v) is 3.77. The van der Waals surface area contributed by atoms with E-state index in [1.165, 1.54) is 56.6 Å². The lowest BCUT2D eigenvalue weighted by molar-refractivity contribution is 0.207. The summed E-state index contributed by atoms with van der Waals surface area (Å²) in [5.41, 5.74) is 3.36. The van der Waals surface area contributed by atoms with Crippen LogP contribution >= 0.6 is 24.8 Å². The van der Waals surface area contributed by atoms with Crippen molar-refractivity contribution in [1.82, 2.24) is 10.2 Å². The third-order valence-electron chi connectivity index (χ3n) is 4.76. The number of hydrogen-bond donors (Lipinski definition) is 1. The highest BCUT2D eigenvalue weighted by molar-refractivity contribution is 5.85. The summed E-state index contributed by atoms with van der Waals surface area (Å²) in [5.74, 6) is 0. The van der Waals surface area contributed by atoms with E-state index in [4.69, 9.17) is 0 Å². The summed E-state index contributed by atoms with van der Waals surface area (Å²) in [7, 11) is 0. The minimum absolute atomic E-state index is 0. The molecule has 1 atom stereocenters. The molecule has 0 aliphatic carbocycles.